The molecular weight excluding hydrogens is 534 g/mol. The summed E-state index contributed by atoms with van der Waals surface area (Å²) in [6.45, 7) is 1.72. The van der Waals surface area contributed by atoms with Crippen molar-refractivity contribution in [1.29, 1.82) is 0 Å². The number of methoxy groups -OCH3 is 2. The standard InChI is InChI=1S/C30H32F2N4O5/c1-16-13-18(29(38)39)9-11-22(16)33-27(37)26(17-7-5-4-6-8-17)30(19-10-12-25(40-2)34-28(19)41-3)35-23-14-20(31)21(32)15-24(23)36-30/h9-15,17,26,35-36H,4-8H2,1-3H3,(H,33,37)(H,38,39). The average molecular weight is 567 g/mol. The zero-order valence-electron chi connectivity index (χ0n) is 23.0. The van der Waals surface area contributed by atoms with Crippen LogP contribution in [0, 0.1) is 30.4 Å². The fourth-order valence-electron chi connectivity index (χ4n) is 6.04. The van der Waals surface area contributed by atoms with Gasteiger partial charge in [-0.1, -0.05) is 19.3 Å². The predicted octanol–water partition coefficient (Wildman–Crippen LogP) is 5.91. The van der Waals surface area contributed by atoms with Crippen LogP contribution in [0.4, 0.5) is 25.8 Å². The van der Waals surface area contributed by atoms with E-state index in [1.165, 1.54) is 26.4 Å². The smallest absolute Gasteiger partial charge is 0.335 e. The first-order valence-corrected chi connectivity index (χ1v) is 13.5. The molecule has 0 bridgehead atoms. The Morgan fingerprint density at radius 2 is 1.66 bits per heavy atom. The highest BCUT2D eigenvalue weighted by molar-refractivity contribution is 5.97. The number of carboxylic acids is 1. The second-order valence-corrected chi connectivity index (χ2v) is 10.5. The van der Waals surface area contributed by atoms with Crippen LogP contribution in [-0.4, -0.2) is 36.2 Å². The third-order valence-electron chi connectivity index (χ3n) is 7.99. The van der Waals surface area contributed by atoms with E-state index in [0.29, 0.717) is 22.7 Å². The summed E-state index contributed by atoms with van der Waals surface area (Å²) in [6.07, 6.45) is 4.39. The third kappa shape index (κ3) is 5.23. The van der Waals surface area contributed by atoms with Crippen LogP contribution in [0.25, 0.3) is 0 Å². The molecule has 1 aliphatic heterocycles. The minimum absolute atomic E-state index is 0.105. The van der Waals surface area contributed by atoms with Gasteiger partial charge in [0, 0.05) is 23.9 Å². The fraction of sp³-hybridized carbons (Fsp3) is 0.367. The zero-order chi connectivity index (χ0) is 29.3. The van der Waals surface area contributed by atoms with Crippen molar-refractivity contribution in [2.24, 2.45) is 11.8 Å². The first-order chi connectivity index (χ1) is 19.7. The summed E-state index contributed by atoms with van der Waals surface area (Å²) in [4.78, 5) is 30.3. The fourth-order valence-corrected chi connectivity index (χ4v) is 6.04. The number of aryl methyl sites for hydroxylation is 1. The zero-order valence-corrected chi connectivity index (χ0v) is 23.0. The minimum atomic E-state index is -1.41. The summed E-state index contributed by atoms with van der Waals surface area (Å²) in [5.41, 5.74) is 0.778. The summed E-state index contributed by atoms with van der Waals surface area (Å²) in [5.74, 6) is -3.95. The number of halogens is 2. The van der Waals surface area contributed by atoms with Gasteiger partial charge in [-0.2, -0.15) is 4.98 Å². The van der Waals surface area contributed by atoms with E-state index in [1.807, 2.05) is 0 Å². The topological polar surface area (TPSA) is 122 Å². The molecule has 4 N–H and O–H groups in total. The molecule has 1 saturated carbocycles. The number of hydrogen-bond donors (Lipinski definition) is 4. The Balaban J connectivity index is 1.66. The Bertz CT molecular complexity index is 1460. The monoisotopic (exact) mass is 566 g/mol. The van der Waals surface area contributed by atoms with E-state index >= 15 is 0 Å². The van der Waals surface area contributed by atoms with Crippen molar-refractivity contribution in [2.75, 3.05) is 30.2 Å². The number of pyridine rings is 1. The Kier molecular flexibility index (Phi) is 7.70. The van der Waals surface area contributed by atoms with Gasteiger partial charge in [-0.25, -0.2) is 13.6 Å². The van der Waals surface area contributed by atoms with Crippen molar-refractivity contribution in [3.63, 3.8) is 0 Å². The molecular formula is C30H32F2N4O5. The van der Waals surface area contributed by atoms with E-state index < -0.39 is 29.2 Å². The van der Waals surface area contributed by atoms with Crippen molar-refractivity contribution in [1.82, 2.24) is 4.98 Å². The first-order valence-electron chi connectivity index (χ1n) is 13.5. The Morgan fingerprint density at radius 3 is 2.22 bits per heavy atom. The number of carboxylic acid groups (broad SMARTS) is 1. The maximum Gasteiger partial charge on any atom is 0.335 e. The number of aromatic nitrogens is 1. The van der Waals surface area contributed by atoms with Crippen LogP contribution in [0.15, 0.2) is 42.5 Å². The summed E-state index contributed by atoms with van der Waals surface area (Å²) in [7, 11) is 2.92. The second kappa shape index (κ2) is 11.2. The highest BCUT2D eigenvalue weighted by Gasteiger charge is 2.53. The largest absolute Gasteiger partial charge is 0.481 e. The number of carbonyl (C=O) groups excluding carboxylic acids is 1. The molecule has 1 amide bonds. The normalized spacial score (nSPS) is 16.6. The lowest BCUT2D eigenvalue weighted by Gasteiger charge is -2.43. The molecule has 1 aromatic heterocycles. The van der Waals surface area contributed by atoms with Crippen LogP contribution < -0.4 is 25.4 Å². The molecule has 0 spiro atoms. The number of carbonyl (C=O) groups is 2. The van der Waals surface area contributed by atoms with E-state index in [4.69, 9.17) is 9.47 Å². The van der Waals surface area contributed by atoms with E-state index in [9.17, 15) is 23.5 Å². The van der Waals surface area contributed by atoms with Gasteiger partial charge >= 0.3 is 5.97 Å². The van der Waals surface area contributed by atoms with Crippen molar-refractivity contribution in [3.8, 4) is 11.8 Å². The minimum Gasteiger partial charge on any atom is -0.481 e. The third-order valence-corrected chi connectivity index (χ3v) is 7.99. The number of aromatic carboxylic acids is 1. The molecule has 9 nitrogen and oxygen atoms in total. The quantitative estimate of drug-likeness (QED) is 0.266. The number of ether oxygens (including phenoxy) is 2. The van der Waals surface area contributed by atoms with E-state index in [2.05, 4.69) is 20.9 Å². The number of fused-ring (bicyclic) bond motifs is 1. The van der Waals surface area contributed by atoms with E-state index in [0.717, 1.165) is 44.2 Å². The lowest BCUT2D eigenvalue weighted by atomic mass is 9.71. The van der Waals surface area contributed by atoms with E-state index in [-0.39, 0.29) is 34.6 Å². The van der Waals surface area contributed by atoms with Crippen LogP contribution in [-0.2, 0) is 10.5 Å². The number of rotatable bonds is 8. The number of nitrogens with one attached hydrogen (secondary N) is 3. The van der Waals surface area contributed by atoms with Crippen molar-refractivity contribution >= 4 is 28.9 Å². The molecule has 2 heterocycles. The van der Waals surface area contributed by atoms with Crippen molar-refractivity contribution < 1.29 is 33.0 Å². The molecule has 1 unspecified atom stereocenters. The summed E-state index contributed by atoms with van der Waals surface area (Å²) < 4.78 is 39.7. The van der Waals surface area contributed by atoms with Gasteiger partial charge in [0.05, 0.1) is 42.6 Å². The molecule has 0 saturated heterocycles. The Morgan fingerprint density at radius 1 is 1.00 bits per heavy atom. The Hall–Kier alpha value is -4.41. The first kappa shape index (κ1) is 28.1. The molecule has 2 aromatic carbocycles. The molecule has 11 heteroatoms. The summed E-state index contributed by atoms with van der Waals surface area (Å²) in [5, 5.41) is 19.0. The molecule has 2 aliphatic rings. The van der Waals surface area contributed by atoms with Crippen LogP contribution in [0.3, 0.4) is 0 Å². The van der Waals surface area contributed by atoms with Gasteiger partial charge in [0.15, 0.2) is 17.3 Å². The van der Waals surface area contributed by atoms with Crippen molar-refractivity contribution in [3.05, 3.63) is 70.8 Å². The number of amides is 1. The number of hydrogen-bond acceptors (Lipinski definition) is 7. The van der Waals surface area contributed by atoms with Crippen LogP contribution in [0.2, 0.25) is 0 Å². The van der Waals surface area contributed by atoms with Crippen LogP contribution in [0.5, 0.6) is 11.8 Å². The maximum atomic E-state index is 14.4. The summed E-state index contributed by atoms with van der Waals surface area (Å²) in [6, 6.07) is 9.97. The van der Waals surface area contributed by atoms with E-state index in [1.54, 1.807) is 25.1 Å². The van der Waals surface area contributed by atoms with Gasteiger partial charge in [-0.05, 0) is 55.5 Å². The molecule has 3 aromatic rings. The SMILES string of the molecule is COc1ccc(C2(C(C(=O)Nc3ccc(C(=O)O)cc3C)C3CCCCC3)Nc3cc(F)c(F)cc3N2)c(OC)n1. The number of anilines is 3. The van der Waals surface area contributed by atoms with Gasteiger partial charge in [0.25, 0.3) is 0 Å². The van der Waals surface area contributed by atoms with Gasteiger partial charge in [-0.3, -0.25) is 4.79 Å². The number of benzene rings is 2. The molecule has 5 rings (SSSR count). The second-order valence-electron chi connectivity index (χ2n) is 10.5. The van der Waals surface area contributed by atoms with Crippen LogP contribution >= 0.6 is 0 Å². The number of nitrogens with zero attached hydrogens (tertiary/aromatic N) is 1. The molecule has 0 radical (unpaired) electrons. The molecule has 216 valence electrons. The average Bonchev–Trinajstić information content (AvgIpc) is 3.32. The van der Waals surface area contributed by atoms with Crippen molar-refractivity contribution in [2.45, 2.75) is 44.7 Å². The molecule has 41 heavy (non-hydrogen) atoms. The lowest BCUT2D eigenvalue weighted by Crippen LogP contribution is -2.54. The predicted molar refractivity (Wildman–Crippen MR) is 149 cm³/mol. The van der Waals surface area contributed by atoms with Gasteiger partial charge in [0.2, 0.25) is 17.7 Å². The van der Waals surface area contributed by atoms with Gasteiger partial charge < -0.3 is 30.5 Å². The lowest BCUT2D eigenvalue weighted by molar-refractivity contribution is -0.124. The molecule has 1 fully saturated rings. The Labute approximate surface area is 236 Å². The highest BCUT2D eigenvalue weighted by atomic mass is 19.2. The maximum absolute atomic E-state index is 14.4. The van der Waals surface area contributed by atoms with Gasteiger partial charge in [-0.15, -0.1) is 0 Å². The van der Waals surface area contributed by atoms with Crippen LogP contribution in [0.1, 0.15) is 53.6 Å². The van der Waals surface area contributed by atoms with Gasteiger partial charge in [0.1, 0.15) is 0 Å². The molecule has 1 atom stereocenters. The highest BCUT2D eigenvalue weighted by Crippen LogP contribution is 2.51. The molecule has 1 aliphatic carbocycles. The summed E-state index contributed by atoms with van der Waals surface area (Å²) >= 11 is 0.